The van der Waals surface area contributed by atoms with Gasteiger partial charge < -0.3 is 0 Å². The third-order valence-corrected chi connectivity index (χ3v) is 10.3. The molecule has 2 aromatic heterocycles. The predicted molar refractivity (Wildman–Crippen MR) is 136 cm³/mol. The molecule has 0 atom stereocenters. The zero-order valence-electron chi connectivity index (χ0n) is 17.6. The largest absolute Gasteiger partial charge is 0.280 e. The number of fused-ring (bicyclic) bond motifs is 7. The average Bonchev–Trinajstić information content (AvgIpc) is 3.49. The van der Waals surface area contributed by atoms with Gasteiger partial charge in [0.05, 0.1) is 22.4 Å². The van der Waals surface area contributed by atoms with Crippen LogP contribution >= 0.6 is 10.4 Å². The van der Waals surface area contributed by atoms with E-state index in [2.05, 4.69) is 129 Å². The quantitative estimate of drug-likeness (QED) is 0.270. The predicted octanol–water partition coefficient (Wildman–Crippen LogP) is 7.87. The van der Waals surface area contributed by atoms with Gasteiger partial charge in [-0.15, -0.1) is 0 Å². The lowest BCUT2D eigenvalue weighted by molar-refractivity contribution is 1.19. The van der Waals surface area contributed by atoms with Crippen LogP contribution in [0, 0.1) is 0 Å². The summed E-state index contributed by atoms with van der Waals surface area (Å²) in [6.07, 6.45) is 0. The highest BCUT2D eigenvalue weighted by molar-refractivity contribution is 8.31. The first-order valence-corrected chi connectivity index (χ1v) is 12.7. The highest BCUT2D eigenvalue weighted by Gasteiger charge is 2.42. The lowest BCUT2D eigenvalue weighted by Crippen LogP contribution is -2.17. The second kappa shape index (κ2) is 6.65. The molecule has 3 heteroatoms. The molecule has 0 aliphatic carbocycles. The minimum absolute atomic E-state index is 0.954. The molecule has 0 unspecified atom stereocenters. The van der Waals surface area contributed by atoms with Crippen molar-refractivity contribution in [2.45, 2.75) is 10.6 Å². The molecule has 0 spiro atoms. The molecule has 0 radical (unpaired) electrons. The van der Waals surface area contributed by atoms with Crippen molar-refractivity contribution < 1.29 is 0 Å². The molecule has 32 heavy (non-hydrogen) atoms. The van der Waals surface area contributed by atoms with Crippen molar-refractivity contribution in [2.75, 3.05) is 0 Å². The van der Waals surface area contributed by atoms with E-state index in [0.29, 0.717) is 0 Å². The van der Waals surface area contributed by atoms with Crippen LogP contribution in [0.3, 0.4) is 0 Å². The van der Waals surface area contributed by atoms with E-state index in [1.54, 1.807) is 0 Å². The number of para-hydroxylation sites is 2. The fraction of sp³-hybridized carbons (Fsp3) is 0.0345. The number of rotatable bonds is 3. The molecule has 0 saturated heterocycles. The lowest BCUT2D eigenvalue weighted by atomic mass is 10.2. The molecular weight excluding hydrogens is 408 g/mol. The van der Waals surface area contributed by atoms with Crippen molar-refractivity contribution in [1.29, 1.82) is 0 Å². The monoisotopic (exact) mass is 430 g/mol. The van der Waals surface area contributed by atoms with E-state index in [0.717, 1.165) is 5.75 Å². The number of hydrogen-bond donors (Lipinski definition) is 0. The van der Waals surface area contributed by atoms with E-state index in [1.165, 1.54) is 43.7 Å². The summed E-state index contributed by atoms with van der Waals surface area (Å²) in [6, 6.07) is 44.5. The molecule has 0 fully saturated rings. The Morgan fingerprint density at radius 1 is 0.500 bits per heavy atom. The number of benzene rings is 4. The van der Waals surface area contributed by atoms with Gasteiger partial charge in [-0.2, -0.15) is 0 Å². The molecule has 2 nitrogen and oxygen atoms in total. The molecule has 7 rings (SSSR count). The van der Waals surface area contributed by atoms with Crippen molar-refractivity contribution in [3.05, 3.63) is 127 Å². The van der Waals surface area contributed by atoms with Gasteiger partial charge in [0.1, 0.15) is 0 Å². The first-order valence-electron chi connectivity index (χ1n) is 11.0. The van der Waals surface area contributed by atoms with E-state index in [9.17, 15) is 0 Å². The molecule has 4 aromatic carbocycles. The molecule has 0 saturated carbocycles. The Kier molecular flexibility index (Phi) is 3.73. The van der Waals surface area contributed by atoms with Gasteiger partial charge >= 0.3 is 0 Å². The number of hydrogen-bond acceptors (Lipinski definition) is 0. The second-order valence-corrected chi connectivity index (χ2v) is 11.2. The van der Waals surface area contributed by atoms with Crippen LogP contribution in [-0.4, -0.2) is 7.94 Å². The summed E-state index contributed by atoms with van der Waals surface area (Å²) in [6.45, 7) is 0. The summed E-state index contributed by atoms with van der Waals surface area (Å²) in [5, 5.41) is 2.61. The van der Waals surface area contributed by atoms with Crippen LogP contribution in [0.25, 0.3) is 33.2 Å². The second-order valence-electron chi connectivity index (χ2n) is 8.38. The number of nitrogens with zero attached hydrogens (tertiary/aromatic N) is 2. The lowest BCUT2D eigenvalue weighted by Gasteiger charge is -2.41. The maximum atomic E-state index is 2.66. The van der Waals surface area contributed by atoms with Gasteiger partial charge in [-0.05, 0) is 52.4 Å². The Morgan fingerprint density at radius 2 is 0.969 bits per heavy atom. The summed E-state index contributed by atoms with van der Waals surface area (Å²) in [4.78, 5) is 1.38. The van der Waals surface area contributed by atoms with E-state index in [-0.39, 0.29) is 0 Å². The fourth-order valence-electron chi connectivity index (χ4n) is 5.22. The van der Waals surface area contributed by atoms with Gasteiger partial charge in [0.15, 0.2) is 0 Å². The summed E-state index contributed by atoms with van der Waals surface area (Å²) in [7, 11) is -1.64. The summed E-state index contributed by atoms with van der Waals surface area (Å²) in [5.74, 6) is 0.954. The Labute approximate surface area is 188 Å². The molecule has 1 aliphatic heterocycles. The van der Waals surface area contributed by atoms with Gasteiger partial charge in [0.2, 0.25) is 0 Å². The molecule has 0 bridgehead atoms. The Bertz CT molecular complexity index is 1510. The van der Waals surface area contributed by atoms with Crippen molar-refractivity contribution in [2.24, 2.45) is 0 Å². The van der Waals surface area contributed by atoms with Crippen molar-refractivity contribution in [3.63, 3.8) is 0 Å². The van der Waals surface area contributed by atoms with E-state index >= 15 is 0 Å². The first kappa shape index (κ1) is 17.9. The zero-order valence-corrected chi connectivity index (χ0v) is 18.4. The minimum atomic E-state index is -1.64. The van der Waals surface area contributed by atoms with E-state index in [4.69, 9.17) is 0 Å². The van der Waals surface area contributed by atoms with Gasteiger partial charge in [0.25, 0.3) is 0 Å². The molecule has 3 heterocycles. The summed E-state index contributed by atoms with van der Waals surface area (Å²) < 4.78 is 5.32. The van der Waals surface area contributed by atoms with E-state index in [1.807, 2.05) is 0 Å². The van der Waals surface area contributed by atoms with E-state index < -0.39 is 10.4 Å². The van der Waals surface area contributed by atoms with Gasteiger partial charge in [0, 0.05) is 21.4 Å². The highest BCUT2D eigenvalue weighted by atomic mass is 32.3. The maximum absolute atomic E-state index is 2.66. The van der Waals surface area contributed by atoms with Crippen LogP contribution in [0.2, 0.25) is 0 Å². The van der Waals surface area contributed by atoms with Gasteiger partial charge in [-0.3, -0.25) is 7.94 Å². The fourth-order valence-corrected chi connectivity index (χ4v) is 9.40. The molecule has 1 aliphatic rings. The highest BCUT2D eigenvalue weighted by Crippen LogP contribution is 2.69. The van der Waals surface area contributed by atoms with Gasteiger partial charge in [-0.25, -0.2) is 0 Å². The SMILES string of the molecule is c1ccc(CS2(c3ccccc3)n3c(cc4ccccc43)-c3cc4ccccc4n32)cc1. The molecule has 0 N–H and O–H groups in total. The number of aromatic nitrogens is 2. The Balaban J connectivity index is 1.68. The minimum Gasteiger partial charge on any atom is -0.280 e. The van der Waals surface area contributed by atoms with Crippen LogP contribution < -0.4 is 0 Å². The van der Waals surface area contributed by atoms with Crippen LogP contribution in [0.1, 0.15) is 5.56 Å². The summed E-state index contributed by atoms with van der Waals surface area (Å²) in [5.41, 5.74) is 6.62. The Morgan fingerprint density at radius 3 is 1.53 bits per heavy atom. The van der Waals surface area contributed by atoms with Crippen LogP contribution in [0.15, 0.2) is 126 Å². The zero-order chi connectivity index (χ0) is 21.1. The average molecular weight is 431 g/mol. The van der Waals surface area contributed by atoms with Crippen LogP contribution in [0.5, 0.6) is 0 Å². The standard InChI is InChI=1S/C29H22N2S/c1-3-11-22(12-4-1)21-32(25-15-5-2-6-16-25)30-26-17-9-7-13-23(26)19-28(30)29-20-24-14-8-10-18-27(24)31(29)32/h1-20H,21H2. The maximum Gasteiger partial charge on any atom is 0.0782 e. The molecule has 6 aromatic rings. The first-order chi connectivity index (χ1) is 15.9. The smallest absolute Gasteiger partial charge is 0.0782 e. The van der Waals surface area contributed by atoms with Gasteiger partial charge in [-0.1, -0.05) is 84.9 Å². The molecular formula is C29H22N2S. The summed E-state index contributed by atoms with van der Waals surface area (Å²) >= 11 is 0. The normalized spacial score (nSPS) is 15.0. The van der Waals surface area contributed by atoms with Crippen LogP contribution in [0.4, 0.5) is 0 Å². The Hall–Kier alpha value is -3.69. The van der Waals surface area contributed by atoms with Crippen molar-refractivity contribution in [1.82, 2.24) is 7.94 Å². The van der Waals surface area contributed by atoms with Crippen LogP contribution in [-0.2, 0) is 5.75 Å². The van der Waals surface area contributed by atoms with Crippen molar-refractivity contribution >= 4 is 32.2 Å². The molecule has 0 amide bonds. The molecule has 154 valence electrons. The third kappa shape index (κ3) is 2.32. The third-order valence-electron chi connectivity index (χ3n) is 6.53. The van der Waals surface area contributed by atoms with Crippen molar-refractivity contribution in [3.8, 4) is 11.4 Å². The topological polar surface area (TPSA) is 9.86 Å².